The summed E-state index contributed by atoms with van der Waals surface area (Å²) in [6.07, 6.45) is -0.285. The van der Waals surface area contributed by atoms with Crippen LogP contribution in [0, 0.1) is 10.1 Å². The molecule has 22 heavy (non-hydrogen) atoms. The smallest absolute Gasteiger partial charge is 0.350 e. The maximum absolute atomic E-state index is 12.0. The fourth-order valence-corrected chi connectivity index (χ4v) is 1.92. The molecule has 0 aliphatic heterocycles. The van der Waals surface area contributed by atoms with Gasteiger partial charge in [0.1, 0.15) is 0 Å². The predicted octanol–water partition coefficient (Wildman–Crippen LogP) is 1.56. The van der Waals surface area contributed by atoms with Crippen molar-refractivity contribution in [2.75, 3.05) is 13.2 Å². The van der Waals surface area contributed by atoms with E-state index in [2.05, 4.69) is 0 Å². The Hall–Kier alpha value is -2.48. The number of ether oxygens (including phenoxy) is 2. The number of carbonyl (C=O) groups excluding carboxylic acids is 1. The molecular weight excluding hydrogens is 294 g/mol. The summed E-state index contributed by atoms with van der Waals surface area (Å²) in [5, 5.41) is 20.0. The average Bonchev–Trinajstić information content (AvgIpc) is 2.47. The summed E-state index contributed by atoms with van der Waals surface area (Å²) in [7, 11) is 0. The van der Waals surface area contributed by atoms with Crippen LogP contribution >= 0.6 is 0 Å². The summed E-state index contributed by atoms with van der Waals surface area (Å²) in [4.78, 5) is 33.7. The van der Waals surface area contributed by atoms with Crippen molar-refractivity contribution in [1.29, 1.82) is 0 Å². The van der Waals surface area contributed by atoms with E-state index in [1.54, 1.807) is 13.8 Å². The van der Waals surface area contributed by atoms with Crippen LogP contribution in [0.2, 0.25) is 0 Å². The molecule has 0 aliphatic rings. The first-order chi connectivity index (χ1) is 10.4. The second-order valence-electron chi connectivity index (χ2n) is 4.39. The van der Waals surface area contributed by atoms with Crippen molar-refractivity contribution in [3.63, 3.8) is 0 Å². The number of nitro benzene ring substituents is 1. The van der Waals surface area contributed by atoms with E-state index in [4.69, 9.17) is 9.47 Å². The number of carboxylic acids is 1. The van der Waals surface area contributed by atoms with Gasteiger partial charge in [0.2, 0.25) is 0 Å². The Bertz CT molecular complexity index is 555. The highest BCUT2D eigenvalue weighted by Crippen LogP contribution is 2.23. The van der Waals surface area contributed by atoms with Crippen molar-refractivity contribution in [3.8, 4) is 0 Å². The van der Waals surface area contributed by atoms with Crippen molar-refractivity contribution in [3.05, 3.63) is 39.9 Å². The van der Waals surface area contributed by atoms with Crippen molar-refractivity contribution in [1.82, 2.24) is 0 Å². The van der Waals surface area contributed by atoms with Gasteiger partial charge in [-0.05, 0) is 19.4 Å². The van der Waals surface area contributed by atoms with Gasteiger partial charge in [0.25, 0.3) is 11.3 Å². The summed E-state index contributed by atoms with van der Waals surface area (Å²) in [6.45, 7) is 3.13. The number of carbonyl (C=O) groups is 2. The predicted molar refractivity (Wildman–Crippen MR) is 75.4 cm³/mol. The fourth-order valence-electron chi connectivity index (χ4n) is 1.92. The molecular formula is C14H17NO7. The molecule has 1 rings (SSSR count). The third kappa shape index (κ3) is 3.79. The van der Waals surface area contributed by atoms with Gasteiger partial charge in [-0.2, -0.15) is 0 Å². The van der Waals surface area contributed by atoms with Gasteiger partial charge < -0.3 is 14.6 Å². The molecule has 0 aromatic heterocycles. The molecule has 0 saturated carbocycles. The van der Waals surface area contributed by atoms with Crippen LogP contribution < -0.4 is 0 Å². The Morgan fingerprint density at radius 3 is 2.23 bits per heavy atom. The zero-order chi connectivity index (χ0) is 16.8. The number of nitrogens with zero attached hydrogens (tertiary/aromatic N) is 1. The van der Waals surface area contributed by atoms with Crippen molar-refractivity contribution < 1.29 is 29.1 Å². The lowest BCUT2D eigenvalue weighted by molar-refractivity contribution is -0.384. The Balaban J connectivity index is 3.13. The number of hydrogen-bond acceptors (Lipinski definition) is 6. The van der Waals surface area contributed by atoms with E-state index in [1.165, 1.54) is 24.3 Å². The number of benzene rings is 1. The van der Waals surface area contributed by atoms with Crippen LogP contribution in [-0.2, 0) is 25.5 Å². The highest BCUT2D eigenvalue weighted by Gasteiger charge is 2.49. The zero-order valence-electron chi connectivity index (χ0n) is 12.3. The Morgan fingerprint density at radius 1 is 1.23 bits per heavy atom. The molecule has 1 N–H and O–H groups in total. The molecule has 0 saturated heterocycles. The Kier molecular flexibility index (Phi) is 6.00. The molecule has 8 nitrogen and oxygen atoms in total. The standard InChI is InChI=1S/C14H17NO7/c1-3-21-13(18)14(12(16)17,22-4-2)9-10-5-7-11(8-6-10)15(19)20/h5-8H,3-4,9H2,1-2H3,(H,16,17)/t14-/m0/s1. The number of non-ortho nitro benzene ring substituents is 1. The van der Waals surface area contributed by atoms with Crippen LogP contribution in [0.25, 0.3) is 0 Å². The molecule has 0 unspecified atom stereocenters. The molecule has 0 spiro atoms. The van der Waals surface area contributed by atoms with Crippen LogP contribution in [0.1, 0.15) is 19.4 Å². The molecule has 0 amide bonds. The van der Waals surface area contributed by atoms with Gasteiger partial charge >= 0.3 is 11.9 Å². The van der Waals surface area contributed by atoms with Gasteiger partial charge in [0.15, 0.2) is 0 Å². The molecule has 8 heteroatoms. The van der Waals surface area contributed by atoms with Crippen LogP contribution in [0.4, 0.5) is 5.69 Å². The zero-order valence-corrected chi connectivity index (χ0v) is 12.3. The molecule has 1 aromatic carbocycles. The van der Waals surface area contributed by atoms with Gasteiger partial charge in [-0.1, -0.05) is 12.1 Å². The van der Waals surface area contributed by atoms with Crippen LogP contribution in [0.5, 0.6) is 0 Å². The largest absolute Gasteiger partial charge is 0.479 e. The highest BCUT2D eigenvalue weighted by molar-refractivity contribution is 6.03. The summed E-state index contributed by atoms with van der Waals surface area (Å²) in [5.41, 5.74) is -1.88. The van der Waals surface area contributed by atoms with Gasteiger partial charge in [-0.25, -0.2) is 9.59 Å². The molecule has 0 bridgehead atoms. The second-order valence-corrected chi connectivity index (χ2v) is 4.39. The first-order valence-corrected chi connectivity index (χ1v) is 6.65. The van der Waals surface area contributed by atoms with Crippen LogP contribution in [0.15, 0.2) is 24.3 Å². The third-order valence-electron chi connectivity index (χ3n) is 2.94. The lowest BCUT2D eigenvalue weighted by Crippen LogP contribution is -2.52. The fraction of sp³-hybridized carbons (Fsp3) is 0.429. The second kappa shape index (κ2) is 7.51. The van der Waals surface area contributed by atoms with Gasteiger partial charge in [-0.15, -0.1) is 0 Å². The van der Waals surface area contributed by atoms with E-state index < -0.39 is 22.5 Å². The monoisotopic (exact) mass is 311 g/mol. The van der Waals surface area contributed by atoms with E-state index in [1.807, 2.05) is 0 Å². The van der Waals surface area contributed by atoms with E-state index >= 15 is 0 Å². The Morgan fingerprint density at radius 2 is 1.82 bits per heavy atom. The van der Waals surface area contributed by atoms with Gasteiger partial charge in [-0.3, -0.25) is 10.1 Å². The number of nitro groups is 1. The minimum atomic E-state index is -2.17. The van der Waals surface area contributed by atoms with Gasteiger partial charge in [0.05, 0.1) is 11.5 Å². The Labute approximate surface area is 126 Å². The minimum Gasteiger partial charge on any atom is -0.479 e. The first-order valence-electron chi connectivity index (χ1n) is 6.65. The number of aliphatic carboxylic acids is 1. The molecule has 1 atom stereocenters. The summed E-state index contributed by atoms with van der Waals surface area (Å²) >= 11 is 0. The van der Waals surface area contributed by atoms with Crippen LogP contribution in [-0.4, -0.2) is 40.8 Å². The minimum absolute atomic E-state index is 0.00189. The summed E-state index contributed by atoms with van der Waals surface area (Å²) in [6, 6.07) is 5.24. The lowest BCUT2D eigenvalue weighted by Gasteiger charge is -2.26. The van der Waals surface area contributed by atoms with E-state index in [9.17, 15) is 24.8 Å². The van der Waals surface area contributed by atoms with Crippen molar-refractivity contribution in [2.24, 2.45) is 0 Å². The van der Waals surface area contributed by atoms with E-state index in [-0.39, 0.29) is 25.3 Å². The highest BCUT2D eigenvalue weighted by atomic mass is 16.6. The molecule has 1 aromatic rings. The number of carboxylic acid groups (broad SMARTS) is 1. The third-order valence-corrected chi connectivity index (χ3v) is 2.94. The number of rotatable bonds is 8. The topological polar surface area (TPSA) is 116 Å². The molecule has 0 radical (unpaired) electrons. The molecule has 120 valence electrons. The SMILES string of the molecule is CCOC(=O)[C@@](Cc1ccc([N+](=O)[O-])cc1)(OCC)C(=O)O. The van der Waals surface area contributed by atoms with Crippen molar-refractivity contribution >= 4 is 17.6 Å². The van der Waals surface area contributed by atoms with E-state index in [0.717, 1.165) is 0 Å². The summed E-state index contributed by atoms with van der Waals surface area (Å²) in [5.74, 6) is -2.46. The normalized spacial score (nSPS) is 13.2. The number of hydrogen-bond donors (Lipinski definition) is 1. The van der Waals surface area contributed by atoms with E-state index in [0.29, 0.717) is 5.56 Å². The average molecular weight is 311 g/mol. The lowest BCUT2D eigenvalue weighted by atomic mass is 9.94. The summed E-state index contributed by atoms with van der Waals surface area (Å²) < 4.78 is 9.98. The van der Waals surface area contributed by atoms with Crippen molar-refractivity contribution in [2.45, 2.75) is 25.9 Å². The number of esters is 1. The maximum atomic E-state index is 12.0. The molecule has 0 heterocycles. The van der Waals surface area contributed by atoms with Crippen LogP contribution in [0.3, 0.4) is 0 Å². The quantitative estimate of drug-likeness (QED) is 0.335. The maximum Gasteiger partial charge on any atom is 0.350 e. The molecule has 0 fully saturated rings. The molecule has 0 aliphatic carbocycles. The van der Waals surface area contributed by atoms with Gasteiger partial charge in [0, 0.05) is 25.2 Å². The first kappa shape index (κ1) is 17.6.